The molecule has 5 heteroatoms. The summed E-state index contributed by atoms with van der Waals surface area (Å²) in [6.45, 7) is 2.87. The number of nitrogens with one attached hydrogen (secondary N) is 1. The highest BCUT2D eigenvalue weighted by atomic mass is 35.5. The number of hydrogen-bond acceptors (Lipinski definition) is 4. The number of halogens is 1. The molecule has 0 amide bonds. The smallest absolute Gasteiger partial charge is 0.104 e. The third-order valence-electron chi connectivity index (χ3n) is 1.69. The molecule has 0 aliphatic rings. The molecule has 0 aromatic rings. The summed E-state index contributed by atoms with van der Waals surface area (Å²) in [5.41, 5.74) is 0. The van der Waals surface area contributed by atoms with Crippen LogP contribution in [0.3, 0.4) is 0 Å². The minimum absolute atomic E-state index is 0. The first kappa shape index (κ1) is 15.6. The minimum Gasteiger partial charge on any atom is -0.394 e. The highest BCUT2D eigenvalue weighted by Crippen LogP contribution is 1.90. The van der Waals surface area contributed by atoms with Crippen LogP contribution in [0.2, 0.25) is 0 Å². The van der Waals surface area contributed by atoms with Crippen molar-refractivity contribution in [1.82, 2.24) is 5.32 Å². The van der Waals surface area contributed by atoms with E-state index in [2.05, 4.69) is 12.2 Å². The molecule has 0 spiro atoms. The van der Waals surface area contributed by atoms with Gasteiger partial charge in [-0.2, -0.15) is 0 Å². The Morgan fingerprint density at radius 2 is 1.85 bits per heavy atom. The zero-order chi connectivity index (χ0) is 9.40. The van der Waals surface area contributed by atoms with Crippen molar-refractivity contribution in [3.63, 3.8) is 0 Å². The fourth-order valence-corrected chi connectivity index (χ4v) is 0.809. The fraction of sp³-hybridized carbons (Fsp3) is 1.00. The molecule has 0 unspecified atom stereocenters. The number of hydrogen-bond donors (Lipinski definition) is 4. The third kappa shape index (κ3) is 8.46. The van der Waals surface area contributed by atoms with E-state index < -0.39 is 18.8 Å². The molecule has 4 N–H and O–H groups in total. The third-order valence-corrected chi connectivity index (χ3v) is 1.69. The zero-order valence-electron chi connectivity index (χ0n) is 7.94. The maximum Gasteiger partial charge on any atom is 0.104 e. The summed E-state index contributed by atoms with van der Waals surface area (Å²) >= 11 is 0. The minimum atomic E-state index is -1.03. The van der Waals surface area contributed by atoms with Crippen molar-refractivity contribution in [2.24, 2.45) is 0 Å². The average Bonchev–Trinajstić information content (AvgIpc) is 2.10. The second-order valence-electron chi connectivity index (χ2n) is 2.87. The van der Waals surface area contributed by atoms with E-state index in [0.29, 0.717) is 6.54 Å². The molecule has 4 nitrogen and oxygen atoms in total. The molecule has 0 aromatic heterocycles. The molecule has 0 aliphatic heterocycles. The molecular weight excluding hydrogens is 194 g/mol. The molecule has 0 rings (SSSR count). The van der Waals surface area contributed by atoms with Crippen molar-refractivity contribution in [3.05, 3.63) is 0 Å². The zero-order valence-corrected chi connectivity index (χ0v) is 8.76. The molecule has 82 valence electrons. The summed E-state index contributed by atoms with van der Waals surface area (Å²) in [6, 6.07) is 0. The van der Waals surface area contributed by atoms with Crippen molar-refractivity contribution in [2.75, 3.05) is 19.7 Å². The van der Waals surface area contributed by atoms with Gasteiger partial charge in [0.25, 0.3) is 0 Å². The van der Waals surface area contributed by atoms with Crippen LogP contribution in [0.1, 0.15) is 19.8 Å². The van der Waals surface area contributed by atoms with Crippen LogP contribution < -0.4 is 5.32 Å². The van der Waals surface area contributed by atoms with Gasteiger partial charge in [0.2, 0.25) is 0 Å². The van der Waals surface area contributed by atoms with Gasteiger partial charge in [-0.3, -0.25) is 0 Å². The van der Waals surface area contributed by atoms with Gasteiger partial charge >= 0.3 is 0 Å². The Morgan fingerprint density at radius 3 is 2.31 bits per heavy atom. The normalized spacial score (nSPS) is 14.8. The maximum absolute atomic E-state index is 9.14. The summed E-state index contributed by atoms with van der Waals surface area (Å²) in [7, 11) is 0. The van der Waals surface area contributed by atoms with Crippen molar-refractivity contribution in [3.8, 4) is 0 Å². The predicted molar refractivity (Wildman–Crippen MR) is 54.1 cm³/mol. The predicted octanol–water partition coefficient (Wildman–Crippen LogP) is -0.488. The van der Waals surface area contributed by atoms with E-state index in [4.69, 9.17) is 15.3 Å². The van der Waals surface area contributed by atoms with Crippen LogP contribution >= 0.6 is 12.4 Å². The van der Waals surface area contributed by atoms with E-state index in [1.54, 1.807) is 0 Å². The van der Waals surface area contributed by atoms with Crippen LogP contribution in [0, 0.1) is 0 Å². The van der Waals surface area contributed by atoms with Gasteiger partial charge in [0.15, 0.2) is 0 Å². The van der Waals surface area contributed by atoms with Gasteiger partial charge in [0.05, 0.1) is 12.7 Å². The summed E-state index contributed by atoms with van der Waals surface area (Å²) in [6.07, 6.45) is 0.263. The van der Waals surface area contributed by atoms with Crippen LogP contribution in [0.15, 0.2) is 0 Å². The van der Waals surface area contributed by atoms with Gasteiger partial charge < -0.3 is 20.6 Å². The van der Waals surface area contributed by atoms with Crippen LogP contribution in [0.25, 0.3) is 0 Å². The lowest BCUT2D eigenvalue weighted by Crippen LogP contribution is -2.38. The molecule has 0 aliphatic carbocycles. The number of aliphatic hydroxyl groups excluding tert-OH is 3. The highest BCUT2D eigenvalue weighted by molar-refractivity contribution is 5.85. The summed E-state index contributed by atoms with van der Waals surface area (Å²) < 4.78 is 0. The van der Waals surface area contributed by atoms with Crippen molar-refractivity contribution < 1.29 is 15.3 Å². The van der Waals surface area contributed by atoms with E-state index in [1.807, 2.05) is 0 Å². The van der Waals surface area contributed by atoms with E-state index in [1.165, 1.54) is 0 Å². The molecule has 13 heavy (non-hydrogen) atoms. The van der Waals surface area contributed by atoms with Gasteiger partial charge in [-0.05, 0) is 13.0 Å². The van der Waals surface area contributed by atoms with Gasteiger partial charge in [-0.25, -0.2) is 0 Å². The molecular formula is C8H20ClNO3. The van der Waals surface area contributed by atoms with Crippen LogP contribution in [-0.4, -0.2) is 47.2 Å². The first-order valence-electron chi connectivity index (χ1n) is 4.40. The maximum atomic E-state index is 9.14. The molecule has 0 saturated carbocycles. The summed E-state index contributed by atoms with van der Waals surface area (Å²) in [4.78, 5) is 0. The van der Waals surface area contributed by atoms with Crippen LogP contribution in [-0.2, 0) is 0 Å². The Bertz CT molecular complexity index is 105. The Hall–Kier alpha value is 0.130. The standard InChI is InChI=1S/C8H19NO3.ClH/c1-2-3-4-9-5-7(11)8(12)6-10;/h7-12H,2-6H2,1H3;1H/t7-,8+;/m0./s1. The largest absolute Gasteiger partial charge is 0.394 e. The average molecular weight is 214 g/mol. The van der Waals surface area contributed by atoms with Gasteiger partial charge in [-0.1, -0.05) is 13.3 Å². The van der Waals surface area contributed by atoms with Crippen molar-refractivity contribution in [2.45, 2.75) is 32.0 Å². The van der Waals surface area contributed by atoms with Crippen molar-refractivity contribution in [1.29, 1.82) is 0 Å². The molecule has 0 heterocycles. The molecule has 0 fully saturated rings. The monoisotopic (exact) mass is 213 g/mol. The number of aliphatic hydroxyl groups is 3. The Labute approximate surface area is 85.4 Å². The fourth-order valence-electron chi connectivity index (χ4n) is 0.809. The summed E-state index contributed by atoms with van der Waals surface area (Å²) in [5.74, 6) is 0. The highest BCUT2D eigenvalue weighted by Gasteiger charge is 2.13. The first-order chi connectivity index (χ1) is 5.72. The Kier molecular flexibility index (Phi) is 12.3. The van der Waals surface area contributed by atoms with Crippen molar-refractivity contribution >= 4 is 12.4 Å². The van der Waals surface area contributed by atoms with Crippen LogP contribution in [0.5, 0.6) is 0 Å². The number of unbranched alkanes of at least 4 members (excludes halogenated alkanes) is 1. The van der Waals surface area contributed by atoms with E-state index in [9.17, 15) is 0 Å². The second kappa shape index (κ2) is 10.2. The second-order valence-corrected chi connectivity index (χ2v) is 2.87. The Morgan fingerprint density at radius 1 is 1.23 bits per heavy atom. The molecule has 0 aromatic carbocycles. The topological polar surface area (TPSA) is 72.7 Å². The van der Waals surface area contributed by atoms with Gasteiger partial charge in [0, 0.05) is 6.54 Å². The quantitative estimate of drug-likeness (QED) is 0.431. The summed E-state index contributed by atoms with van der Waals surface area (Å²) in [5, 5.41) is 29.5. The Balaban J connectivity index is 0. The molecule has 2 atom stereocenters. The van der Waals surface area contributed by atoms with Crippen LogP contribution in [0.4, 0.5) is 0 Å². The first-order valence-corrected chi connectivity index (χ1v) is 4.40. The van der Waals surface area contributed by atoms with E-state index >= 15 is 0 Å². The van der Waals surface area contributed by atoms with E-state index in [0.717, 1.165) is 19.4 Å². The molecule has 0 radical (unpaired) electrons. The molecule has 0 saturated heterocycles. The van der Waals surface area contributed by atoms with Gasteiger partial charge in [0.1, 0.15) is 6.10 Å². The molecule has 0 bridgehead atoms. The lowest BCUT2D eigenvalue weighted by Gasteiger charge is -2.15. The van der Waals surface area contributed by atoms with Gasteiger partial charge in [-0.15, -0.1) is 12.4 Å². The lowest BCUT2D eigenvalue weighted by atomic mass is 10.2. The SMILES string of the molecule is CCCCNC[C@H](O)[C@H](O)CO.Cl. The van der Waals surface area contributed by atoms with E-state index in [-0.39, 0.29) is 12.4 Å². The number of rotatable bonds is 7. The lowest BCUT2D eigenvalue weighted by molar-refractivity contribution is -0.0127.